The molecule has 0 aromatic heterocycles. The van der Waals surface area contributed by atoms with Crippen molar-refractivity contribution < 1.29 is 80.2 Å². The molecule has 95 heavy (non-hydrogen) atoms. The molecule has 0 saturated carbocycles. The van der Waals surface area contributed by atoms with Gasteiger partial charge in [-0.1, -0.05) is 355 Å². The van der Waals surface area contributed by atoms with Crippen molar-refractivity contribution in [2.75, 3.05) is 39.6 Å². The Bertz CT molecular complexity index is 1810. The summed E-state index contributed by atoms with van der Waals surface area (Å²) in [6, 6.07) is 0. The predicted octanol–water partition coefficient (Wildman–Crippen LogP) is 22.6. The molecule has 0 rings (SSSR count). The molecule has 5 atom stereocenters. The van der Waals surface area contributed by atoms with Crippen LogP contribution in [-0.4, -0.2) is 96.7 Å². The van der Waals surface area contributed by atoms with Gasteiger partial charge in [-0.05, 0) is 25.7 Å². The van der Waals surface area contributed by atoms with E-state index in [-0.39, 0.29) is 25.7 Å². The molecule has 564 valence electrons. The number of aliphatic hydroxyl groups is 1. The summed E-state index contributed by atoms with van der Waals surface area (Å²) in [4.78, 5) is 72.7. The summed E-state index contributed by atoms with van der Waals surface area (Å²) >= 11 is 0. The van der Waals surface area contributed by atoms with Crippen molar-refractivity contribution in [3.05, 3.63) is 0 Å². The first kappa shape index (κ1) is 93.1. The molecular weight excluding hydrogens is 1250 g/mol. The molecule has 0 bridgehead atoms. The van der Waals surface area contributed by atoms with Crippen LogP contribution >= 0.6 is 15.6 Å². The van der Waals surface area contributed by atoms with Crippen molar-refractivity contribution in [3.63, 3.8) is 0 Å². The molecule has 19 heteroatoms. The molecule has 0 radical (unpaired) electrons. The number of phosphoric ester groups is 2. The van der Waals surface area contributed by atoms with Crippen LogP contribution in [0.2, 0.25) is 0 Å². The molecular formula is C76H148O17P2. The average molecular weight is 1400 g/mol. The Morgan fingerprint density at radius 1 is 0.253 bits per heavy atom. The second kappa shape index (κ2) is 70.5. The summed E-state index contributed by atoms with van der Waals surface area (Å²) in [6.07, 6.45) is 61.1. The third-order valence-corrected chi connectivity index (χ3v) is 19.8. The Hall–Kier alpha value is -1.94. The maximum Gasteiger partial charge on any atom is 0.472 e. The van der Waals surface area contributed by atoms with Gasteiger partial charge in [0, 0.05) is 25.7 Å². The van der Waals surface area contributed by atoms with Crippen molar-refractivity contribution in [2.45, 2.75) is 425 Å². The number of hydrogen-bond acceptors (Lipinski definition) is 15. The lowest BCUT2D eigenvalue weighted by Gasteiger charge is -2.21. The summed E-state index contributed by atoms with van der Waals surface area (Å²) in [6.45, 7) is 4.95. The first-order chi connectivity index (χ1) is 46.2. The van der Waals surface area contributed by atoms with Crippen LogP contribution in [0.25, 0.3) is 0 Å². The third-order valence-electron chi connectivity index (χ3n) is 17.9. The van der Waals surface area contributed by atoms with Gasteiger partial charge in [0.05, 0.1) is 26.4 Å². The van der Waals surface area contributed by atoms with Crippen LogP contribution in [0, 0.1) is 0 Å². The first-order valence-electron chi connectivity index (χ1n) is 39.8. The largest absolute Gasteiger partial charge is 0.472 e. The molecule has 0 amide bonds. The number of phosphoric acid groups is 2. The molecule has 0 heterocycles. The van der Waals surface area contributed by atoms with E-state index >= 15 is 0 Å². The smallest absolute Gasteiger partial charge is 0.462 e. The molecule has 0 aliphatic rings. The average Bonchev–Trinajstić information content (AvgIpc) is 3.58. The van der Waals surface area contributed by atoms with E-state index in [0.29, 0.717) is 25.7 Å². The first-order valence-corrected chi connectivity index (χ1v) is 42.8. The number of esters is 4. The summed E-state index contributed by atoms with van der Waals surface area (Å²) in [5.41, 5.74) is 0. The zero-order valence-corrected chi connectivity index (χ0v) is 63.4. The van der Waals surface area contributed by atoms with E-state index in [2.05, 4.69) is 27.7 Å². The lowest BCUT2D eigenvalue weighted by Crippen LogP contribution is -2.30. The number of rotatable bonds is 77. The van der Waals surface area contributed by atoms with Gasteiger partial charge >= 0.3 is 39.5 Å². The standard InChI is InChI=1S/C76H148O17P2/c1-5-9-13-17-21-24-27-30-32-34-35-36-38-41-44-47-51-55-59-63-76(81)93-72(67-87-74(79)61-57-53-49-45-42-40-37-33-31-28-25-22-18-14-10-6-2)69-91-95(84,85)89-65-70(77)64-88-94(82,83)90-68-71(66-86-73(78)60-56-52-48-20-16-12-8-4)92-75(80)62-58-54-50-46-43-39-29-26-23-19-15-11-7-3/h70-72,77H,5-69H2,1-4H3,(H,82,83)(H,84,85)/t70-,71+,72+/m0/s1. The zero-order chi connectivity index (χ0) is 69.7. The highest BCUT2D eigenvalue weighted by Crippen LogP contribution is 2.45. The minimum absolute atomic E-state index is 0.108. The van der Waals surface area contributed by atoms with Gasteiger partial charge in [-0.3, -0.25) is 37.3 Å². The quantitative estimate of drug-likeness (QED) is 0.0222. The van der Waals surface area contributed by atoms with Crippen molar-refractivity contribution in [3.8, 4) is 0 Å². The number of carbonyl (C=O) groups excluding carboxylic acids is 4. The highest BCUT2D eigenvalue weighted by atomic mass is 31.2. The maximum atomic E-state index is 13.1. The second-order valence-electron chi connectivity index (χ2n) is 27.4. The van der Waals surface area contributed by atoms with Crippen molar-refractivity contribution in [1.29, 1.82) is 0 Å². The van der Waals surface area contributed by atoms with Crippen LogP contribution in [0.3, 0.4) is 0 Å². The monoisotopic (exact) mass is 1400 g/mol. The number of hydrogen-bond donors (Lipinski definition) is 3. The summed E-state index contributed by atoms with van der Waals surface area (Å²) in [5.74, 6) is -2.12. The third kappa shape index (κ3) is 70.3. The Morgan fingerprint density at radius 3 is 0.621 bits per heavy atom. The molecule has 3 N–H and O–H groups in total. The molecule has 0 fully saturated rings. The van der Waals surface area contributed by atoms with Crippen LogP contribution in [0.1, 0.15) is 407 Å². The summed E-state index contributed by atoms with van der Waals surface area (Å²) < 4.78 is 68.4. The van der Waals surface area contributed by atoms with Gasteiger partial charge in [-0.2, -0.15) is 0 Å². The molecule has 2 unspecified atom stereocenters. The Balaban J connectivity index is 5.18. The summed E-state index contributed by atoms with van der Waals surface area (Å²) in [7, 11) is -9.90. The van der Waals surface area contributed by atoms with Crippen molar-refractivity contribution in [2.24, 2.45) is 0 Å². The van der Waals surface area contributed by atoms with E-state index in [9.17, 15) is 43.2 Å². The Morgan fingerprint density at radius 2 is 0.421 bits per heavy atom. The van der Waals surface area contributed by atoms with Gasteiger partial charge < -0.3 is 33.8 Å². The van der Waals surface area contributed by atoms with Crippen molar-refractivity contribution in [1.82, 2.24) is 0 Å². The van der Waals surface area contributed by atoms with Crippen LogP contribution in [-0.2, 0) is 65.4 Å². The fourth-order valence-corrected chi connectivity index (χ4v) is 13.3. The number of unbranched alkanes of at least 4 members (excludes halogenated alkanes) is 51. The molecule has 0 aliphatic carbocycles. The van der Waals surface area contributed by atoms with Gasteiger partial charge in [0.2, 0.25) is 0 Å². The van der Waals surface area contributed by atoms with Crippen LogP contribution in [0.15, 0.2) is 0 Å². The predicted molar refractivity (Wildman–Crippen MR) is 386 cm³/mol. The van der Waals surface area contributed by atoms with E-state index in [0.717, 1.165) is 103 Å². The molecule has 0 aromatic rings. The van der Waals surface area contributed by atoms with Crippen LogP contribution in [0.4, 0.5) is 0 Å². The van der Waals surface area contributed by atoms with Gasteiger partial charge in [0.25, 0.3) is 0 Å². The highest BCUT2D eigenvalue weighted by Gasteiger charge is 2.30. The van der Waals surface area contributed by atoms with Gasteiger partial charge in [0.15, 0.2) is 12.2 Å². The fraction of sp³-hybridized carbons (Fsp3) is 0.947. The van der Waals surface area contributed by atoms with Gasteiger partial charge in [-0.15, -0.1) is 0 Å². The Labute approximate surface area is 581 Å². The number of aliphatic hydroxyl groups excluding tert-OH is 1. The van der Waals surface area contributed by atoms with Gasteiger partial charge in [-0.25, -0.2) is 9.13 Å². The maximum absolute atomic E-state index is 13.1. The van der Waals surface area contributed by atoms with Crippen LogP contribution < -0.4 is 0 Å². The number of ether oxygens (including phenoxy) is 4. The van der Waals surface area contributed by atoms with E-state index in [4.69, 9.17) is 37.0 Å². The van der Waals surface area contributed by atoms with Gasteiger partial charge in [0.1, 0.15) is 19.3 Å². The molecule has 17 nitrogen and oxygen atoms in total. The lowest BCUT2D eigenvalue weighted by molar-refractivity contribution is -0.161. The SMILES string of the molecule is CCCCCCCCCCCCCCCCCCCCCC(=O)O[C@H](COC(=O)CCCCCCCCCCCCCCCCCC)COP(=O)(O)OC[C@@H](O)COP(=O)(O)OC[C@@H](COC(=O)CCCCCCCCC)OC(=O)CCCCCCCCCCCCCCC. The summed E-state index contributed by atoms with van der Waals surface area (Å²) in [5, 5.41) is 10.6. The lowest BCUT2D eigenvalue weighted by atomic mass is 10.0. The van der Waals surface area contributed by atoms with E-state index in [1.165, 1.54) is 225 Å². The Kier molecular flexibility index (Phi) is 69.1. The highest BCUT2D eigenvalue weighted by molar-refractivity contribution is 7.47. The fourth-order valence-electron chi connectivity index (χ4n) is 11.8. The van der Waals surface area contributed by atoms with Crippen LogP contribution in [0.5, 0.6) is 0 Å². The number of carbonyl (C=O) groups is 4. The van der Waals surface area contributed by atoms with Crippen molar-refractivity contribution >= 4 is 39.5 Å². The van der Waals surface area contributed by atoms with E-state index in [1.54, 1.807) is 0 Å². The molecule has 0 spiro atoms. The van der Waals surface area contributed by atoms with E-state index < -0.39 is 97.5 Å². The van der Waals surface area contributed by atoms with E-state index in [1.807, 2.05) is 0 Å². The second-order valence-corrected chi connectivity index (χ2v) is 30.3. The molecule has 0 saturated heterocycles. The zero-order valence-electron chi connectivity index (χ0n) is 61.6. The topological polar surface area (TPSA) is 237 Å². The molecule has 0 aliphatic heterocycles. The molecule has 0 aromatic carbocycles. The normalized spacial score (nSPS) is 13.9. The minimum atomic E-state index is -4.96. The minimum Gasteiger partial charge on any atom is -0.462 e.